The molecule has 3 N–H and O–H groups in total. The van der Waals surface area contributed by atoms with Gasteiger partial charge in [0.1, 0.15) is 18.2 Å². The summed E-state index contributed by atoms with van der Waals surface area (Å²) in [6.45, 7) is 1.64. The predicted molar refractivity (Wildman–Crippen MR) is 110 cm³/mol. The molecule has 3 rings (SSSR count). The number of aromatic nitrogens is 3. The molecule has 1 unspecified atom stereocenters. The number of imide groups is 1. The molecule has 1 aromatic heterocycles. The van der Waals surface area contributed by atoms with Crippen LogP contribution >= 0.6 is 11.8 Å². The van der Waals surface area contributed by atoms with E-state index in [0.29, 0.717) is 16.7 Å². The Kier molecular flexibility index (Phi) is 7.76. The lowest BCUT2D eigenvalue weighted by atomic mass is 10.1. The fraction of sp³-hybridized carbons (Fsp3) is 0.368. The minimum Gasteiger partial charge on any atom is -0.465 e. The Bertz CT molecular complexity index is 996. The van der Waals surface area contributed by atoms with Crippen molar-refractivity contribution >= 4 is 35.6 Å². The van der Waals surface area contributed by atoms with Gasteiger partial charge in [-0.15, -0.1) is 10.2 Å². The molecule has 1 aliphatic rings. The van der Waals surface area contributed by atoms with Gasteiger partial charge in [0.2, 0.25) is 11.8 Å². The van der Waals surface area contributed by atoms with Crippen molar-refractivity contribution in [3.05, 3.63) is 35.9 Å². The van der Waals surface area contributed by atoms with E-state index < -0.39 is 35.7 Å². The number of amides is 4. The van der Waals surface area contributed by atoms with E-state index in [9.17, 15) is 23.6 Å². The summed E-state index contributed by atoms with van der Waals surface area (Å²) >= 11 is 1.07. The molecule has 0 spiro atoms. The zero-order chi connectivity index (χ0) is 23.1. The molecule has 1 saturated heterocycles. The second kappa shape index (κ2) is 10.7. The van der Waals surface area contributed by atoms with E-state index in [1.54, 1.807) is 11.5 Å². The molecule has 2 aromatic rings. The summed E-state index contributed by atoms with van der Waals surface area (Å²) < 4.78 is 19.8. The first kappa shape index (κ1) is 23.2. The van der Waals surface area contributed by atoms with Gasteiger partial charge < -0.3 is 15.4 Å². The standard InChI is InChI=1S/C19H21FN6O5S/c1-2-31-17(29)9-21-16(28)10-32-19-25-24-14(7-12-8-15(27)23-18(30)22-12)26(19)13-5-3-11(20)4-6-13/h3-6,12H,2,7-10H2,1H3,(H,21,28)(H2,22,23,27,30). The van der Waals surface area contributed by atoms with Crippen molar-refractivity contribution in [1.29, 1.82) is 0 Å². The van der Waals surface area contributed by atoms with Gasteiger partial charge in [0, 0.05) is 24.6 Å². The Morgan fingerprint density at radius 1 is 1.28 bits per heavy atom. The number of halogens is 1. The maximum absolute atomic E-state index is 13.4. The number of benzene rings is 1. The van der Waals surface area contributed by atoms with Gasteiger partial charge in [-0.1, -0.05) is 11.8 Å². The normalized spacial score (nSPS) is 15.6. The topological polar surface area (TPSA) is 144 Å². The monoisotopic (exact) mass is 464 g/mol. The van der Waals surface area contributed by atoms with Crippen LogP contribution < -0.4 is 16.0 Å². The lowest BCUT2D eigenvalue weighted by molar-refractivity contribution is -0.143. The number of hydrogen-bond donors (Lipinski definition) is 3. The van der Waals surface area contributed by atoms with Crippen molar-refractivity contribution in [3.63, 3.8) is 0 Å². The van der Waals surface area contributed by atoms with Gasteiger partial charge in [0.25, 0.3) is 0 Å². The van der Waals surface area contributed by atoms with Crippen LogP contribution in [0.25, 0.3) is 5.69 Å². The van der Waals surface area contributed by atoms with Crippen molar-refractivity contribution in [3.8, 4) is 5.69 Å². The van der Waals surface area contributed by atoms with Gasteiger partial charge in [-0.05, 0) is 31.2 Å². The molecule has 4 amide bonds. The van der Waals surface area contributed by atoms with E-state index in [1.807, 2.05) is 0 Å². The Labute approximate surface area is 186 Å². The number of hydrogen-bond acceptors (Lipinski definition) is 8. The summed E-state index contributed by atoms with van der Waals surface area (Å²) in [6.07, 6.45) is 0.264. The first-order valence-corrected chi connectivity index (χ1v) is 10.7. The minimum atomic E-state index is -0.591. The number of carbonyl (C=O) groups is 4. The lowest BCUT2D eigenvalue weighted by Crippen LogP contribution is -2.53. The number of nitrogens with one attached hydrogen (secondary N) is 3. The summed E-state index contributed by atoms with van der Waals surface area (Å²) in [5.41, 5.74) is 0.549. The number of ether oxygens (including phenoxy) is 1. The average molecular weight is 464 g/mol. The zero-order valence-corrected chi connectivity index (χ0v) is 17.9. The molecular formula is C19H21FN6O5S. The first-order valence-electron chi connectivity index (χ1n) is 9.71. The maximum Gasteiger partial charge on any atom is 0.325 e. The van der Waals surface area contributed by atoms with Crippen LogP contribution in [0.2, 0.25) is 0 Å². The number of urea groups is 1. The molecule has 170 valence electrons. The molecule has 13 heteroatoms. The number of rotatable bonds is 9. The number of esters is 1. The maximum atomic E-state index is 13.4. The largest absolute Gasteiger partial charge is 0.465 e. The van der Waals surface area contributed by atoms with E-state index >= 15 is 0 Å². The summed E-state index contributed by atoms with van der Waals surface area (Å²) in [6, 6.07) is 4.51. The Balaban J connectivity index is 1.75. The number of carbonyl (C=O) groups excluding carboxylic acids is 4. The van der Waals surface area contributed by atoms with Gasteiger partial charge in [0.15, 0.2) is 5.16 Å². The third-order valence-electron chi connectivity index (χ3n) is 4.30. The fourth-order valence-corrected chi connectivity index (χ4v) is 3.76. The number of thioether (sulfide) groups is 1. The molecule has 1 atom stereocenters. The fourth-order valence-electron chi connectivity index (χ4n) is 2.96. The van der Waals surface area contributed by atoms with E-state index in [2.05, 4.69) is 26.1 Å². The Hall–Kier alpha value is -3.48. The highest BCUT2D eigenvalue weighted by molar-refractivity contribution is 7.99. The van der Waals surface area contributed by atoms with Gasteiger partial charge in [0.05, 0.1) is 12.4 Å². The van der Waals surface area contributed by atoms with E-state index in [-0.39, 0.29) is 31.7 Å². The van der Waals surface area contributed by atoms with Crippen molar-refractivity contribution in [2.45, 2.75) is 31.0 Å². The summed E-state index contributed by atoms with van der Waals surface area (Å²) in [5, 5.41) is 15.9. The number of nitrogens with zero attached hydrogens (tertiary/aromatic N) is 3. The van der Waals surface area contributed by atoms with Gasteiger partial charge in [-0.25, -0.2) is 9.18 Å². The quantitative estimate of drug-likeness (QED) is 0.355. The molecule has 32 heavy (non-hydrogen) atoms. The molecular weight excluding hydrogens is 443 g/mol. The average Bonchev–Trinajstić information content (AvgIpc) is 3.13. The van der Waals surface area contributed by atoms with Gasteiger partial charge in [-0.3, -0.25) is 24.3 Å². The summed E-state index contributed by atoms with van der Waals surface area (Å²) in [4.78, 5) is 46.7. The van der Waals surface area contributed by atoms with Crippen LogP contribution in [-0.2, 0) is 25.5 Å². The Morgan fingerprint density at radius 2 is 2.03 bits per heavy atom. The highest BCUT2D eigenvalue weighted by atomic mass is 32.2. The van der Waals surface area contributed by atoms with Crippen LogP contribution in [0, 0.1) is 5.82 Å². The van der Waals surface area contributed by atoms with E-state index in [1.165, 1.54) is 24.3 Å². The van der Waals surface area contributed by atoms with Crippen molar-refractivity contribution in [2.75, 3.05) is 18.9 Å². The highest BCUT2D eigenvalue weighted by Crippen LogP contribution is 2.23. The summed E-state index contributed by atoms with van der Waals surface area (Å²) in [7, 11) is 0. The van der Waals surface area contributed by atoms with Crippen LogP contribution in [0.3, 0.4) is 0 Å². The smallest absolute Gasteiger partial charge is 0.325 e. The van der Waals surface area contributed by atoms with Crippen LogP contribution in [0.4, 0.5) is 9.18 Å². The first-order chi connectivity index (χ1) is 15.4. The predicted octanol–water partition coefficient (Wildman–Crippen LogP) is 0.318. The van der Waals surface area contributed by atoms with Crippen LogP contribution in [0.1, 0.15) is 19.2 Å². The second-order valence-electron chi connectivity index (χ2n) is 6.71. The van der Waals surface area contributed by atoms with Crippen molar-refractivity contribution < 1.29 is 28.3 Å². The molecule has 1 aliphatic heterocycles. The van der Waals surface area contributed by atoms with Crippen molar-refractivity contribution in [2.24, 2.45) is 0 Å². The molecule has 0 aliphatic carbocycles. The molecule has 0 saturated carbocycles. The second-order valence-corrected chi connectivity index (χ2v) is 7.65. The Morgan fingerprint density at radius 3 is 2.72 bits per heavy atom. The zero-order valence-electron chi connectivity index (χ0n) is 17.1. The molecule has 1 aromatic carbocycles. The van der Waals surface area contributed by atoms with Gasteiger partial charge in [-0.2, -0.15) is 0 Å². The molecule has 1 fully saturated rings. The van der Waals surface area contributed by atoms with Crippen LogP contribution in [-0.4, -0.2) is 63.5 Å². The molecule has 11 nitrogen and oxygen atoms in total. The molecule has 0 bridgehead atoms. The van der Waals surface area contributed by atoms with Crippen LogP contribution in [0.5, 0.6) is 0 Å². The summed E-state index contributed by atoms with van der Waals surface area (Å²) in [5.74, 6) is -1.41. The minimum absolute atomic E-state index is 0.0543. The highest BCUT2D eigenvalue weighted by Gasteiger charge is 2.27. The van der Waals surface area contributed by atoms with E-state index in [4.69, 9.17) is 4.74 Å². The molecule has 2 heterocycles. The van der Waals surface area contributed by atoms with Crippen LogP contribution in [0.15, 0.2) is 29.4 Å². The lowest BCUT2D eigenvalue weighted by Gasteiger charge is -2.23. The van der Waals surface area contributed by atoms with Gasteiger partial charge >= 0.3 is 12.0 Å². The van der Waals surface area contributed by atoms with E-state index in [0.717, 1.165) is 11.8 Å². The third-order valence-corrected chi connectivity index (χ3v) is 5.23. The third kappa shape index (κ3) is 6.26. The molecule has 0 radical (unpaired) electrons. The van der Waals surface area contributed by atoms with Crippen molar-refractivity contribution in [1.82, 2.24) is 30.7 Å². The SMILES string of the molecule is CCOC(=O)CNC(=O)CSc1nnc(CC2CC(=O)NC(=O)N2)n1-c1ccc(F)cc1.